The molecule has 0 bridgehead atoms. The molecule has 1 saturated heterocycles. The summed E-state index contributed by atoms with van der Waals surface area (Å²) >= 11 is 0. The zero-order chi connectivity index (χ0) is 19.5. The van der Waals surface area contributed by atoms with E-state index in [1.165, 1.54) is 29.9 Å². The minimum Gasteiger partial charge on any atom is -0.356 e. The van der Waals surface area contributed by atoms with E-state index in [0.29, 0.717) is 6.04 Å². The highest BCUT2D eigenvalue weighted by Gasteiger charge is 2.26. The fourth-order valence-electron chi connectivity index (χ4n) is 4.08. The molecule has 0 atom stereocenters. The van der Waals surface area contributed by atoms with Gasteiger partial charge in [-0.05, 0) is 45.4 Å². The predicted molar refractivity (Wildman–Crippen MR) is 112 cm³/mol. The van der Waals surface area contributed by atoms with Crippen molar-refractivity contribution in [2.75, 3.05) is 37.0 Å². The number of rotatable bonds is 5. The van der Waals surface area contributed by atoms with Crippen LogP contribution >= 0.6 is 0 Å². The van der Waals surface area contributed by atoms with Gasteiger partial charge in [-0.1, -0.05) is 0 Å². The number of aromatic nitrogens is 4. The maximum atomic E-state index is 4.94. The largest absolute Gasteiger partial charge is 0.356 e. The summed E-state index contributed by atoms with van der Waals surface area (Å²) in [5, 5.41) is 3.65. The van der Waals surface area contributed by atoms with Crippen LogP contribution in [0, 0.1) is 6.92 Å². The van der Waals surface area contributed by atoms with Gasteiger partial charge in [0.15, 0.2) is 0 Å². The number of piperidine rings is 1. The fourth-order valence-corrected chi connectivity index (χ4v) is 4.08. The van der Waals surface area contributed by atoms with Crippen molar-refractivity contribution in [3.63, 3.8) is 0 Å². The van der Waals surface area contributed by atoms with Crippen molar-refractivity contribution < 1.29 is 0 Å². The monoisotopic (exact) mass is 381 g/mol. The van der Waals surface area contributed by atoms with E-state index in [9.17, 15) is 0 Å². The van der Waals surface area contributed by atoms with E-state index in [4.69, 9.17) is 9.97 Å². The maximum absolute atomic E-state index is 4.94. The molecule has 4 rings (SSSR count). The number of hydrogen-bond donors (Lipinski definition) is 1. The highest BCUT2D eigenvalue weighted by atomic mass is 15.3. The minimum absolute atomic E-state index is 0.519. The Labute approximate surface area is 167 Å². The molecular weight excluding hydrogens is 350 g/mol. The first-order valence-corrected chi connectivity index (χ1v) is 10.4. The van der Waals surface area contributed by atoms with Crippen molar-refractivity contribution in [2.24, 2.45) is 0 Å². The molecule has 0 radical (unpaired) electrons. The quantitative estimate of drug-likeness (QED) is 0.852. The van der Waals surface area contributed by atoms with Gasteiger partial charge in [0.2, 0.25) is 5.95 Å². The molecule has 1 aliphatic heterocycles. The number of aryl methyl sites for hydroxylation is 2. The van der Waals surface area contributed by atoms with Gasteiger partial charge in [0.1, 0.15) is 5.82 Å². The summed E-state index contributed by atoms with van der Waals surface area (Å²) in [4.78, 5) is 23.0. The van der Waals surface area contributed by atoms with Gasteiger partial charge < -0.3 is 15.1 Å². The van der Waals surface area contributed by atoms with Crippen LogP contribution in [0.25, 0.3) is 0 Å². The second-order valence-electron chi connectivity index (χ2n) is 8.17. The second-order valence-corrected chi connectivity index (χ2v) is 8.17. The molecule has 7 heteroatoms. The topological polar surface area (TPSA) is 70.1 Å². The van der Waals surface area contributed by atoms with Crippen LogP contribution in [0.1, 0.15) is 48.3 Å². The summed E-state index contributed by atoms with van der Waals surface area (Å²) in [6, 6.07) is 0.519. The van der Waals surface area contributed by atoms with Crippen molar-refractivity contribution in [2.45, 2.75) is 58.0 Å². The highest BCUT2D eigenvalue weighted by molar-refractivity contribution is 5.54. The van der Waals surface area contributed by atoms with Crippen LogP contribution in [-0.2, 0) is 19.4 Å². The predicted octanol–water partition coefficient (Wildman–Crippen LogP) is 2.28. The Kier molecular flexibility index (Phi) is 5.71. The molecule has 1 fully saturated rings. The SMILES string of the molecule is Cc1cnc(CNC2CCN(c3nc(N(C)C)nc4c3CCCC4)CC2)cn1. The van der Waals surface area contributed by atoms with E-state index in [2.05, 4.69) is 20.2 Å². The average molecular weight is 382 g/mol. The van der Waals surface area contributed by atoms with Gasteiger partial charge in [-0.15, -0.1) is 0 Å². The summed E-state index contributed by atoms with van der Waals surface area (Å²) in [6.07, 6.45) is 10.6. The number of hydrogen-bond acceptors (Lipinski definition) is 7. The molecule has 7 nitrogen and oxygen atoms in total. The molecule has 0 saturated carbocycles. The molecule has 2 aromatic rings. The first kappa shape index (κ1) is 19.1. The minimum atomic E-state index is 0.519. The van der Waals surface area contributed by atoms with E-state index in [-0.39, 0.29) is 0 Å². The van der Waals surface area contributed by atoms with E-state index in [1.807, 2.05) is 38.3 Å². The Morgan fingerprint density at radius 1 is 1.07 bits per heavy atom. The van der Waals surface area contributed by atoms with Crippen molar-refractivity contribution in [1.82, 2.24) is 25.3 Å². The van der Waals surface area contributed by atoms with Gasteiger partial charge in [-0.3, -0.25) is 9.97 Å². The summed E-state index contributed by atoms with van der Waals surface area (Å²) < 4.78 is 0. The number of nitrogens with zero attached hydrogens (tertiary/aromatic N) is 6. The van der Waals surface area contributed by atoms with Crippen LogP contribution in [-0.4, -0.2) is 53.2 Å². The number of nitrogens with one attached hydrogen (secondary N) is 1. The molecule has 0 spiro atoms. The first-order chi connectivity index (χ1) is 13.6. The van der Waals surface area contributed by atoms with Crippen molar-refractivity contribution in [3.05, 3.63) is 35.0 Å². The highest BCUT2D eigenvalue weighted by Crippen LogP contribution is 2.31. The van der Waals surface area contributed by atoms with Gasteiger partial charge in [0.25, 0.3) is 0 Å². The molecule has 28 heavy (non-hydrogen) atoms. The number of fused-ring (bicyclic) bond motifs is 1. The molecule has 0 aromatic carbocycles. The van der Waals surface area contributed by atoms with Gasteiger partial charge >= 0.3 is 0 Å². The Bertz CT molecular complexity index is 795. The maximum Gasteiger partial charge on any atom is 0.227 e. The van der Waals surface area contributed by atoms with Crippen LogP contribution in [0.3, 0.4) is 0 Å². The molecule has 0 unspecified atom stereocenters. The summed E-state index contributed by atoms with van der Waals surface area (Å²) in [5.74, 6) is 2.02. The fraction of sp³-hybridized carbons (Fsp3) is 0.619. The molecule has 1 N–H and O–H groups in total. The Morgan fingerprint density at radius 3 is 2.57 bits per heavy atom. The first-order valence-electron chi connectivity index (χ1n) is 10.4. The van der Waals surface area contributed by atoms with Crippen LogP contribution in [0.4, 0.5) is 11.8 Å². The van der Waals surface area contributed by atoms with Crippen LogP contribution in [0.2, 0.25) is 0 Å². The number of anilines is 2. The summed E-state index contributed by atoms with van der Waals surface area (Å²) in [6.45, 7) is 4.82. The lowest BCUT2D eigenvalue weighted by Gasteiger charge is -2.35. The molecule has 2 aromatic heterocycles. The molecular formula is C21H31N7. The van der Waals surface area contributed by atoms with Crippen LogP contribution in [0.15, 0.2) is 12.4 Å². The zero-order valence-electron chi connectivity index (χ0n) is 17.3. The second kappa shape index (κ2) is 8.39. The van der Waals surface area contributed by atoms with Gasteiger partial charge in [0.05, 0.1) is 17.1 Å². The Balaban J connectivity index is 1.40. The van der Waals surface area contributed by atoms with Crippen molar-refractivity contribution >= 4 is 11.8 Å². The molecule has 150 valence electrons. The third kappa shape index (κ3) is 4.24. The van der Waals surface area contributed by atoms with E-state index in [0.717, 1.165) is 62.7 Å². The van der Waals surface area contributed by atoms with Gasteiger partial charge in [-0.25, -0.2) is 4.98 Å². The van der Waals surface area contributed by atoms with Crippen molar-refractivity contribution in [3.8, 4) is 0 Å². The Hall–Kier alpha value is -2.28. The third-order valence-corrected chi connectivity index (χ3v) is 5.75. The average Bonchev–Trinajstić information content (AvgIpc) is 2.73. The third-order valence-electron chi connectivity index (χ3n) is 5.75. The zero-order valence-corrected chi connectivity index (χ0v) is 17.3. The normalized spacial score (nSPS) is 17.5. The van der Waals surface area contributed by atoms with Crippen LogP contribution < -0.4 is 15.1 Å². The molecule has 2 aliphatic rings. The Morgan fingerprint density at radius 2 is 1.86 bits per heavy atom. The van der Waals surface area contributed by atoms with E-state index >= 15 is 0 Å². The summed E-state index contributed by atoms with van der Waals surface area (Å²) in [5.41, 5.74) is 4.62. The van der Waals surface area contributed by atoms with Crippen LogP contribution in [0.5, 0.6) is 0 Å². The lowest BCUT2D eigenvalue weighted by Crippen LogP contribution is -2.43. The van der Waals surface area contributed by atoms with Gasteiger partial charge in [-0.2, -0.15) is 4.98 Å². The smallest absolute Gasteiger partial charge is 0.227 e. The molecule has 0 amide bonds. The van der Waals surface area contributed by atoms with E-state index in [1.54, 1.807) is 0 Å². The lowest BCUT2D eigenvalue weighted by molar-refractivity contribution is 0.409. The van der Waals surface area contributed by atoms with E-state index < -0.39 is 0 Å². The van der Waals surface area contributed by atoms with Gasteiger partial charge in [0, 0.05) is 57.7 Å². The lowest BCUT2D eigenvalue weighted by atomic mass is 9.95. The summed E-state index contributed by atoms with van der Waals surface area (Å²) in [7, 11) is 4.05. The standard InChI is InChI=1S/C21H31N7/c1-15-12-23-17(13-22-15)14-24-16-8-10-28(11-9-16)20-18-6-4-5-7-19(18)25-21(26-20)27(2)3/h12-13,16,24H,4-11,14H2,1-3H3. The molecule has 3 heterocycles. The molecule has 1 aliphatic carbocycles. The van der Waals surface area contributed by atoms with Crippen molar-refractivity contribution in [1.29, 1.82) is 0 Å².